The zero-order valence-electron chi connectivity index (χ0n) is 30.5. The fourth-order valence-electron chi connectivity index (χ4n) is 5.86. The lowest BCUT2D eigenvalue weighted by atomic mass is 9.96. The predicted molar refractivity (Wildman–Crippen MR) is 184 cm³/mol. The Morgan fingerprint density at radius 3 is 1.64 bits per heavy atom. The second-order valence-electron chi connectivity index (χ2n) is 13.2. The Morgan fingerprint density at radius 2 is 1.07 bits per heavy atom. The van der Waals surface area contributed by atoms with E-state index in [-0.39, 0.29) is 36.2 Å². The molecule has 7 heteroatoms. The maximum absolute atomic E-state index is 12.2. The van der Waals surface area contributed by atoms with Gasteiger partial charge in [-0.15, -0.1) is 0 Å². The van der Waals surface area contributed by atoms with Crippen molar-refractivity contribution in [1.82, 2.24) is 0 Å². The molecule has 0 aromatic rings. The molecule has 0 rings (SSSR count). The molecule has 266 valence electrons. The van der Waals surface area contributed by atoms with E-state index in [2.05, 4.69) is 34.6 Å². The molecule has 0 aliphatic heterocycles. The van der Waals surface area contributed by atoms with E-state index < -0.39 is 0 Å². The highest BCUT2D eigenvalue weighted by molar-refractivity contribution is 5.69. The molecule has 0 radical (unpaired) electrons. The van der Waals surface area contributed by atoms with Gasteiger partial charge in [-0.2, -0.15) is 0 Å². The van der Waals surface area contributed by atoms with Gasteiger partial charge in [-0.1, -0.05) is 112 Å². The first-order valence-corrected chi connectivity index (χ1v) is 18.8. The van der Waals surface area contributed by atoms with Crippen LogP contribution < -0.4 is 0 Å². The Morgan fingerprint density at radius 1 is 0.533 bits per heavy atom. The summed E-state index contributed by atoms with van der Waals surface area (Å²) in [4.78, 5) is 36.4. The van der Waals surface area contributed by atoms with Gasteiger partial charge in [0.05, 0.1) is 12.7 Å². The van der Waals surface area contributed by atoms with Crippen molar-refractivity contribution in [3.63, 3.8) is 0 Å². The van der Waals surface area contributed by atoms with Crippen LogP contribution in [-0.2, 0) is 33.3 Å². The minimum Gasteiger partial charge on any atom is -0.465 e. The molecule has 0 N–H and O–H groups in total. The fraction of sp³-hybridized carbons (Fsp3) is 0.921. The highest BCUT2D eigenvalue weighted by Crippen LogP contribution is 2.25. The first-order chi connectivity index (χ1) is 21.7. The maximum Gasteiger partial charge on any atom is 0.305 e. The Labute approximate surface area is 277 Å². The molecule has 0 aliphatic carbocycles. The molecule has 0 fully saturated rings. The smallest absolute Gasteiger partial charge is 0.305 e. The summed E-state index contributed by atoms with van der Waals surface area (Å²) < 4.78 is 23.8. The minimum absolute atomic E-state index is 0.0822. The Bertz CT molecular complexity index is 725. The number of hydrogen-bond donors (Lipinski definition) is 0. The van der Waals surface area contributed by atoms with Crippen molar-refractivity contribution in [3.8, 4) is 0 Å². The molecule has 0 spiro atoms. The van der Waals surface area contributed by atoms with Crippen LogP contribution in [0, 0.1) is 11.8 Å². The molecule has 5 unspecified atom stereocenters. The summed E-state index contributed by atoms with van der Waals surface area (Å²) in [7, 11) is 0. The summed E-state index contributed by atoms with van der Waals surface area (Å²) in [5.74, 6) is 0.260. The first kappa shape index (κ1) is 43.4. The number of hydrogen-bond acceptors (Lipinski definition) is 7. The average molecular weight is 641 g/mol. The van der Waals surface area contributed by atoms with Crippen LogP contribution in [0.15, 0.2) is 0 Å². The molecule has 0 bridgehead atoms. The maximum atomic E-state index is 12.2. The van der Waals surface area contributed by atoms with Crippen LogP contribution >= 0.6 is 0 Å². The van der Waals surface area contributed by atoms with Crippen molar-refractivity contribution in [1.29, 1.82) is 0 Å². The van der Waals surface area contributed by atoms with Gasteiger partial charge in [-0.25, -0.2) is 0 Å². The molecule has 0 saturated carbocycles. The van der Waals surface area contributed by atoms with Crippen LogP contribution in [0.25, 0.3) is 0 Å². The van der Waals surface area contributed by atoms with E-state index >= 15 is 0 Å². The van der Waals surface area contributed by atoms with E-state index in [4.69, 9.17) is 18.9 Å². The third-order valence-corrected chi connectivity index (χ3v) is 8.92. The number of ether oxygens (including phenoxy) is 4. The van der Waals surface area contributed by atoms with Gasteiger partial charge in [0.1, 0.15) is 12.2 Å². The van der Waals surface area contributed by atoms with E-state index in [9.17, 15) is 14.4 Å². The van der Waals surface area contributed by atoms with Gasteiger partial charge in [0.2, 0.25) is 0 Å². The Kier molecular flexibility index (Phi) is 28.7. The van der Waals surface area contributed by atoms with Gasteiger partial charge < -0.3 is 18.9 Å². The molecular weight excluding hydrogens is 568 g/mol. The van der Waals surface area contributed by atoms with Crippen molar-refractivity contribution in [2.45, 2.75) is 202 Å². The summed E-state index contributed by atoms with van der Waals surface area (Å²) in [6.45, 7) is 15.0. The number of rotatable bonds is 31. The van der Waals surface area contributed by atoms with Gasteiger partial charge in [0.15, 0.2) is 0 Å². The van der Waals surface area contributed by atoms with E-state index in [0.29, 0.717) is 44.3 Å². The molecule has 0 heterocycles. The molecule has 0 saturated heterocycles. The molecule has 5 atom stereocenters. The molecule has 45 heavy (non-hydrogen) atoms. The standard InChI is InChI=1S/C38H72O7/c1-8-13-16-20-25-35(44-31(6)39)28-37(42-29-33(11-4)23-14-9-2)36(45-32(7)40)26-21-18-17-19-22-27-38(41)43-30-34(12-5)24-15-10-3/h33-37H,8-30H2,1-7H3. The van der Waals surface area contributed by atoms with Crippen molar-refractivity contribution < 1.29 is 33.3 Å². The van der Waals surface area contributed by atoms with Crippen molar-refractivity contribution in [2.75, 3.05) is 13.2 Å². The van der Waals surface area contributed by atoms with Crippen molar-refractivity contribution in [3.05, 3.63) is 0 Å². The van der Waals surface area contributed by atoms with Gasteiger partial charge in [-0.3, -0.25) is 14.4 Å². The quantitative estimate of drug-likeness (QED) is 0.0423. The third kappa shape index (κ3) is 25.2. The van der Waals surface area contributed by atoms with Crippen LogP contribution in [0.3, 0.4) is 0 Å². The zero-order valence-corrected chi connectivity index (χ0v) is 30.5. The minimum atomic E-state index is -0.380. The average Bonchev–Trinajstić information content (AvgIpc) is 3.01. The van der Waals surface area contributed by atoms with E-state index in [1.165, 1.54) is 33.1 Å². The van der Waals surface area contributed by atoms with Gasteiger partial charge in [-0.05, 0) is 56.8 Å². The third-order valence-electron chi connectivity index (χ3n) is 8.92. The molecule has 0 aromatic carbocycles. The predicted octanol–water partition coefficient (Wildman–Crippen LogP) is 10.3. The molecule has 7 nitrogen and oxygen atoms in total. The number of carbonyl (C=O) groups is 3. The van der Waals surface area contributed by atoms with E-state index in [1.54, 1.807) is 0 Å². The fourth-order valence-corrected chi connectivity index (χ4v) is 5.86. The van der Waals surface area contributed by atoms with Crippen LogP contribution in [0.1, 0.15) is 183 Å². The summed E-state index contributed by atoms with van der Waals surface area (Å²) in [5.41, 5.74) is 0. The van der Waals surface area contributed by atoms with Crippen molar-refractivity contribution >= 4 is 17.9 Å². The molecular formula is C38H72O7. The first-order valence-electron chi connectivity index (χ1n) is 18.8. The summed E-state index contributed by atoms with van der Waals surface area (Å²) in [5, 5.41) is 0. The van der Waals surface area contributed by atoms with Crippen LogP contribution in [0.4, 0.5) is 0 Å². The zero-order chi connectivity index (χ0) is 33.7. The highest BCUT2D eigenvalue weighted by atomic mass is 16.6. The molecule has 0 aliphatic rings. The van der Waals surface area contributed by atoms with Gasteiger partial charge in [0, 0.05) is 33.3 Å². The normalized spacial score (nSPS) is 14.7. The van der Waals surface area contributed by atoms with Gasteiger partial charge >= 0.3 is 17.9 Å². The topological polar surface area (TPSA) is 88.1 Å². The molecule has 0 amide bonds. The monoisotopic (exact) mass is 641 g/mol. The van der Waals surface area contributed by atoms with Crippen LogP contribution in [0.5, 0.6) is 0 Å². The summed E-state index contributed by atoms with van der Waals surface area (Å²) in [6, 6.07) is 0. The van der Waals surface area contributed by atoms with Crippen molar-refractivity contribution in [2.24, 2.45) is 11.8 Å². The lowest BCUT2D eigenvalue weighted by Crippen LogP contribution is -2.38. The van der Waals surface area contributed by atoms with E-state index in [1.807, 2.05) is 0 Å². The van der Waals surface area contributed by atoms with E-state index in [0.717, 1.165) is 96.3 Å². The summed E-state index contributed by atoms with van der Waals surface area (Å²) >= 11 is 0. The van der Waals surface area contributed by atoms with Crippen LogP contribution in [0.2, 0.25) is 0 Å². The number of esters is 3. The highest BCUT2D eigenvalue weighted by Gasteiger charge is 2.30. The summed E-state index contributed by atoms with van der Waals surface area (Å²) in [6.07, 6.45) is 19.7. The Balaban J connectivity index is 5.10. The van der Waals surface area contributed by atoms with Crippen LogP contribution in [-0.4, -0.2) is 49.4 Å². The largest absolute Gasteiger partial charge is 0.465 e. The Hall–Kier alpha value is -1.63. The second-order valence-corrected chi connectivity index (χ2v) is 13.2. The SMILES string of the molecule is CCCCCCC(CC(OCC(CC)CCCC)C(CCCCCCCC(=O)OCC(CC)CCCC)OC(C)=O)OC(C)=O. The molecule has 0 aromatic heterocycles. The van der Waals surface area contributed by atoms with Gasteiger partial charge in [0.25, 0.3) is 0 Å². The number of unbranched alkanes of at least 4 members (excludes halogenated alkanes) is 9. The second kappa shape index (κ2) is 29.8. The lowest BCUT2D eigenvalue weighted by molar-refractivity contribution is -0.163. The number of carbonyl (C=O) groups excluding carboxylic acids is 3. The lowest BCUT2D eigenvalue weighted by Gasteiger charge is -2.31.